The first-order valence-corrected chi connectivity index (χ1v) is 11.0. The van der Waals surface area contributed by atoms with Gasteiger partial charge in [-0.1, -0.05) is 48.5 Å². The molecule has 30 heavy (non-hydrogen) atoms. The molecule has 0 fully saturated rings. The van der Waals surface area contributed by atoms with E-state index < -0.39 is 10.0 Å². The summed E-state index contributed by atoms with van der Waals surface area (Å²) >= 11 is 0. The van der Waals surface area contributed by atoms with Gasteiger partial charge in [0.2, 0.25) is 10.0 Å². The van der Waals surface area contributed by atoms with Crippen molar-refractivity contribution in [1.82, 2.24) is 9.62 Å². The highest BCUT2D eigenvalue weighted by molar-refractivity contribution is 7.89. The van der Waals surface area contributed by atoms with Crippen LogP contribution in [0, 0.1) is 5.82 Å². The number of carbonyl (C=O) groups excluding carboxylic acids is 1. The van der Waals surface area contributed by atoms with E-state index >= 15 is 0 Å². The number of carbonyl (C=O) groups is 1. The van der Waals surface area contributed by atoms with Gasteiger partial charge in [0.15, 0.2) is 0 Å². The molecule has 1 N–H and O–H groups in total. The number of hydrogen-bond donors (Lipinski definition) is 1. The first-order chi connectivity index (χ1) is 14.4. The lowest BCUT2D eigenvalue weighted by Crippen LogP contribution is -2.30. The summed E-state index contributed by atoms with van der Waals surface area (Å²) in [6.07, 6.45) is 0. The molecule has 0 aliphatic heterocycles. The number of hydrogen-bond acceptors (Lipinski definition) is 3. The normalized spacial score (nSPS) is 11.3. The highest BCUT2D eigenvalue weighted by atomic mass is 32.2. The smallest absolute Gasteiger partial charge is 0.254 e. The van der Waals surface area contributed by atoms with E-state index in [-0.39, 0.29) is 35.3 Å². The first-order valence-electron chi connectivity index (χ1n) is 9.56. The minimum Gasteiger partial charge on any atom is -0.335 e. The number of nitrogens with one attached hydrogen (secondary N) is 1. The molecule has 0 saturated heterocycles. The zero-order chi connectivity index (χ0) is 21.6. The van der Waals surface area contributed by atoms with Crippen LogP contribution in [0.3, 0.4) is 0 Å². The Morgan fingerprint density at radius 2 is 1.63 bits per heavy atom. The number of nitrogens with zero attached hydrogens (tertiary/aromatic N) is 1. The molecule has 5 nitrogen and oxygen atoms in total. The lowest BCUT2D eigenvalue weighted by atomic mass is 10.1. The molecule has 1 amide bonds. The molecule has 0 aliphatic rings. The van der Waals surface area contributed by atoms with Gasteiger partial charge in [-0.05, 0) is 48.4 Å². The summed E-state index contributed by atoms with van der Waals surface area (Å²) in [5.74, 6) is -0.685. The Morgan fingerprint density at radius 3 is 2.33 bits per heavy atom. The van der Waals surface area contributed by atoms with Gasteiger partial charge >= 0.3 is 0 Å². The van der Waals surface area contributed by atoms with E-state index in [1.807, 2.05) is 37.3 Å². The van der Waals surface area contributed by atoms with Crippen molar-refractivity contribution in [2.75, 3.05) is 6.54 Å². The van der Waals surface area contributed by atoms with Crippen LogP contribution in [0.25, 0.3) is 0 Å². The Balaban J connectivity index is 1.76. The van der Waals surface area contributed by atoms with Crippen molar-refractivity contribution in [3.05, 3.63) is 101 Å². The van der Waals surface area contributed by atoms with Gasteiger partial charge in [0, 0.05) is 25.2 Å². The van der Waals surface area contributed by atoms with E-state index in [9.17, 15) is 17.6 Å². The molecule has 0 bridgehead atoms. The Morgan fingerprint density at radius 1 is 0.933 bits per heavy atom. The summed E-state index contributed by atoms with van der Waals surface area (Å²) < 4.78 is 41.3. The monoisotopic (exact) mass is 426 g/mol. The molecule has 0 radical (unpaired) electrons. The van der Waals surface area contributed by atoms with Gasteiger partial charge in [-0.2, -0.15) is 0 Å². The van der Waals surface area contributed by atoms with Crippen molar-refractivity contribution < 1.29 is 17.6 Å². The second kappa shape index (κ2) is 9.65. The summed E-state index contributed by atoms with van der Waals surface area (Å²) in [5.41, 5.74) is 1.76. The molecule has 3 aromatic carbocycles. The molecule has 0 saturated carbocycles. The summed E-state index contributed by atoms with van der Waals surface area (Å²) in [7, 11) is -3.78. The van der Waals surface area contributed by atoms with Crippen LogP contribution >= 0.6 is 0 Å². The first kappa shape index (κ1) is 21.7. The molecule has 0 atom stereocenters. The Kier molecular flexibility index (Phi) is 6.97. The van der Waals surface area contributed by atoms with Crippen LogP contribution in [0.4, 0.5) is 4.39 Å². The maximum atomic E-state index is 13.4. The number of sulfonamides is 1. The van der Waals surface area contributed by atoms with Crippen molar-refractivity contribution in [2.24, 2.45) is 0 Å². The molecule has 0 aromatic heterocycles. The average Bonchev–Trinajstić information content (AvgIpc) is 2.76. The van der Waals surface area contributed by atoms with E-state index in [0.29, 0.717) is 12.1 Å². The second-order valence-electron chi connectivity index (χ2n) is 6.79. The van der Waals surface area contributed by atoms with Crippen LogP contribution in [0.15, 0.2) is 83.8 Å². The molecule has 0 unspecified atom stereocenters. The fourth-order valence-corrected chi connectivity index (χ4v) is 4.08. The van der Waals surface area contributed by atoms with E-state index in [4.69, 9.17) is 0 Å². The van der Waals surface area contributed by atoms with Gasteiger partial charge in [-0.3, -0.25) is 4.79 Å². The maximum Gasteiger partial charge on any atom is 0.254 e. The van der Waals surface area contributed by atoms with E-state index in [1.54, 1.807) is 24.3 Å². The van der Waals surface area contributed by atoms with Gasteiger partial charge in [0.1, 0.15) is 5.82 Å². The lowest BCUT2D eigenvalue weighted by molar-refractivity contribution is 0.0752. The van der Waals surface area contributed by atoms with Crippen LogP contribution in [0.2, 0.25) is 0 Å². The third kappa shape index (κ3) is 5.52. The maximum absolute atomic E-state index is 13.4. The standard InChI is InChI=1S/C23H23FN2O3S/c1-2-26(17-19-10-6-12-21(24)14-19)23(27)20-11-7-13-22(15-20)30(28,29)25-16-18-8-4-3-5-9-18/h3-15,25H,2,16-17H2,1H3. The molecular weight excluding hydrogens is 403 g/mol. The number of amides is 1. The SMILES string of the molecule is CCN(Cc1cccc(F)c1)C(=O)c1cccc(S(=O)(=O)NCc2ccccc2)c1. The zero-order valence-electron chi connectivity index (χ0n) is 16.6. The average molecular weight is 427 g/mol. The van der Waals surface area contributed by atoms with Crippen molar-refractivity contribution >= 4 is 15.9 Å². The van der Waals surface area contributed by atoms with Crippen LogP contribution in [0.1, 0.15) is 28.4 Å². The lowest BCUT2D eigenvalue weighted by Gasteiger charge is -2.21. The minimum absolute atomic E-state index is 0.0195. The van der Waals surface area contributed by atoms with Crippen molar-refractivity contribution in [1.29, 1.82) is 0 Å². The van der Waals surface area contributed by atoms with Crippen LogP contribution in [-0.4, -0.2) is 25.8 Å². The van der Waals surface area contributed by atoms with Crippen molar-refractivity contribution in [3.63, 3.8) is 0 Å². The predicted octanol–water partition coefficient (Wildman–Crippen LogP) is 3.97. The van der Waals surface area contributed by atoms with Gasteiger partial charge in [-0.15, -0.1) is 0 Å². The van der Waals surface area contributed by atoms with Crippen LogP contribution in [-0.2, 0) is 23.1 Å². The van der Waals surface area contributed by atoms with Gasteiger partial charge < -0.3 is 4.90 Å². The molecule has 3 aromatic rings. The number of halogens is 1. The molecule has 0 heterocycles. The van der Waals surface area contributed by atoms with Crippen LogP contribution < -0.4 is 4.72 Å². The Hall–Kier alpha value is -3.03. The molecule has 3 rings (SSSR count). The topological polar surface area (TPSA) is 66.5 Å². The van der Waals surface area contributed by atoms with E-state index in [0.717, 1.165) is 5.56 Å². The molecule has 156 valence electrons. The summed E-state index contributed by atoms with van der Waals surface area (Å²) in [6, 6.07) is 21.2. The van der Waals surface area contributed by atoms with Gasteiger partial charge in [-0.25, -0.2) is 17.5 Å². The molecule has 0 spiro atoms. The molecule has 0 aliphatic carbocycles. The molecule has 7 heteroatoms. The number of benzene rings is 3. The summed E-state index contributed by atoms with van der Waals surface area (Å²) in [5, 5.41) is 0. The predicted molar refractivity (Wildman–Crippen MR) is 114 cm³/mol. The van der Waals surface area contributed by atoms with Crippen molar-refractivity contribution in [3.8, 4) is 0 Å². The third-order valence-corrected chi connectivity index (χ3v) is 6.03. The van der Waals surface area contributed by atoms with Gasteiger partial charge in [0.05, 0.1) is 4.90 Å². The second-order valence-corrected chi connectivity index (χ2v) is 8.55. The summed E-state index contributed by atoms with van der Waals surface area (Å²) in [6.45, 7) is 2.61. The van der Waals surface area contributed by atoms with E-state index in [1.165, 1.54) is 29.2 Å². The van der Waals surface area contributed by atoms with E-state index in [2.05, 4.69) is 4.72 Å². The highest BCUT2D eigenvalue weighted by Gasteiger charge is 2.19. The number of rotatable bonds is 8. The van der Waals surface area contributed by atoms with Gasteiger partial charge in [0.25, 0.3) is 5.91 Å². The minimum atomic E-state index is -3.78. The highest BCUT2D eigenvalue weighted by Crippen LogP contribution is 2.16. The van der Waals surface area contributed by atoms with Crippen molar-refractivity contribution in [2.45, 2.75) is 24.9 Å². The Labute approximate surface area is 176 Å². The fraction of sp³-hybridized carbons (Fsp3) is 0.174. The molecular formula is C23H23FN2O3S. The summed E-state index contributed by atoms with van der Waals surface area (Å²) in [4.78, 5) is 14.5. The van der Waals surface area contributed by atoms with Crippen LogP contribution in [0.5, 0.6) is 0 Å². The largest absolute Gasteiger partial charge is 0.335 e. The fourth-order valence-electron chi connectivity index (χ4n) is 3.02. The quantitative estimate of drug-likeness (QED) is 0.593. The third-order valence-electron chi connectivity index (χ3n) is 4.63. The zero-order valence-corrected chi connectivity index (χ0v) is 17.4. The Bertz CT molecular complexity index is 1120.